The van der Waals surface area contributed by atoms with Gasteiger partial charge in [-0.25, -0.2) is 0 Å². The van der Waals surface area contributed by atoms with Gasteiger partial charge in [0.15, 0.2) is 5.11 Å². The summed E-state index contributed by atoms with van der Waals surface area (Å²) < 4.78 is 1.21. The zero-order chi connectivity index (χ0) is 18.3. The second-order valence-corrected chi connectivity index (χ2v) is 10.4. The molecule has 4 saturated carbocycles. The highest BCUT2D eigenvalue weighted by atomic mass is 127. The van der Waals surface area contributed by atoms with Crippen LogP contribution >= 0.6 is 34.8 Å². The van der Waals surface area contributed by atoms with Crippen LogP contribution in [-0.4, -0.2) is 11.0 Å². The minimum absolute atomic E-state index is 0.0908. The molecule has 140 valence electrons. The molecule has 4 aliphatic rings. The van der Waals surface area contributed by atoms with E-state index in [2.05, 4.69) is 52.3 Å². The average molecular weight is 482 g/mol. The van der Waals surface area contributed by atoms with E-state index in [-0.39, 0.29) is 11.3 Å². The van der Waals surface area contributed by atoms with Crippen molar-refractivity contribution in [2.45, 2.75) is 58.3 Å². The van der Waals surface area contributed by atoms with Crippen LogP contribution in [0, 0.1) is 26.7 Å². The van der Waals surface area contributed by atoms with Crippen LogP contribution in [0.5, 0.6) is 0 Å². The smallest absolute Gasteiger partial charge is 0.226 e. The Hall–Kier alpha value is -0.690. The number of nitrogens with one attached hydrogen (secondary N) is 2. The van der Waals surface area contributed by atoms with Gasteiger partial charge in [-0.05, 0) is 127 Å². The normalized spacial score (nSPS) is 31.7. The molecule has 1 aromatic carbocycles. The maximum absolute atomic E-state index is 12.7. The maximum atomic E-state index is 12.7. The Morgan fingerprint density at radius 1 is 1.19 bits per heavy atom. The second-order valence-electron chi connectivity index (χ2n) is 8.75. The maximum Gasteiger partial charge on any atom is 0.226 e. The van der Waals surface area contributed by atoms with Crippen LogP contribution in [0.2, 0.25) is 0 Å². The lowest BCUT2D eigenvalue weighted by Crippen LogP contribution is -2.48. The summed E-state index contributed by atoms with van der Waals surface area (Å²) in [6, 6.07) is 6.25. The van der Waals surface area contributed by atoms with E-state index in [9.17, 15) is 4.79 Å². The van der Waals surface area contributed by atoms with Gasteiger partial charge in [-0.1, -0.05) is 6.92 Å². The molecule has 1 amide bonds. The first kappa shape index (κ1) is 18.7. The topological polar surface area (TPSA) is 41.1 Å². The van der Waals surface area contributed by atoms with Gasteiger partial charge >= 0.3 is 0 Å². The Kier molecular flexibility index (Phi) is 5.30. The minimum atomic E-state index is 0.0908. The molecule has 2 N–H and O–H groups in total. The summed E-state index contributed by atoms with van der Waals surface area (Å²) in [5.74, 6) is 2.71. The van der Waals surface area contributed by atoms with Gasteiger partial charge in [0, 0.05) is 15.7 Å². The van der Waals surface area contributed by atoms with Crippen LogP contribution < -0.4 is 10.6 Å². The lowest BCUT2D eigenvalue weighted by molar-refractivity contribution is -0.127. The first-order valence-corrected chi connectivity index (χ1v) is 11.3. The van der Waals surface area contributed by atoms with E-state index in [1.165, 1.54) is 47.7 Å². The minimum Gasteiger partial charge on any atom is -0.332 e. The van der Waals surface area contributed by atoms with Gasteiger partial charge in [-0.3, -0.25) is 4.79 Å². The van der Waals surface area contributed by atoms with E-state index >= 15 is 0 Å². The molecule has 4 fully saturated rings. The number of benzene rings is 1. The van der Waals surface area contributed by atoms with Crippen molar-refractivity contribution < 1.29 is 4.79 Å². The lowest BCUT2D eigenvalue weighted by Gasteiger charge is -2.56. The lowest BCUT2D eigenvalue weighted by atomic mass is 9.49. The summed E-state index contributed by atoms with van der Waals surface area (Å²) in [6.45, 7) is 2.13. The monoisotopic (exact) mass is 482 g/mol. The molecule has 4 aliphatic carbocycles. The van der Waals surface area contributed by atoms with Gasteiger partial charge in [0.2, 0.25) is 5.91 Å². The van der Waals surface area contributed by atoms with E-state index in [1.54, 1.807) is 0 Å². The molecular formula is C21H27IN2OS. The highest BCUT2D eigenvalue weighted by molar-refractivity contribution is 14.1. The Morgan fingerprint density at radius 3 is 2.38 bits per heavy atom. The number of amides is 1. The number of anilines is 1. The first-order chi connectivity index (χ1) is 12.4. The third kappa shape index (κ3) is 3.93. The average Bonchev–Trinajstić information content (AvgIpc) is 2.54. The molecule has 0 unspecified atom stereocenters. The van der Waals surface area contributed by atoms with Gasteiger partial charge < -0.3 is 10.6 Å². The Bertz CT molecular complexity index is 697. The van der Waals surface area contributed by atoms with Gasteiger partial charge in [-0.15, -0.1) is 0 Å². The molecule has 26 heavy (non-hydrogen) atoms. The van der Waals surface area contributed by atoms with Crippen molar-refractivity contribution in [3.8, 4) is 0 Å². The Labute approximate surface area is 175 Å². The van der Waals surface area contributed by atoms with Gasteiger partial charge in [-0.2, -0.15) is 0 Å². The van der Waals surface area contributed by atoms with Crippen molar-refractivity contribution in [3.63, 3.8) is 0 Å². The van der Waals surface area contributed by atoms with Crippen LogP contribution in [-0.2, 0) is 11.2 Å². The van der Waals surface area contributed by atoms with Gasteiger partial charge in [0.1, 0.15) is 0 Å². The molecule has 0 radical (unpaired) electrons. The van der Waals surface area contributed by atoms with Crippen molar-refractivity contribution in [1.29, 1.82) is 0 Å². The summed E-state index contributed by atoms with van der Waals surface area (Å²) in [7, 11) is 0. The zero-order valence-electron chi connectivity index (χ0n) is 15.3. The highest BCUT2D eigenvalue weighted by Gasteiger charge is 2.51. The van der Waals surface area contributed by atoms with E-state index in [1.807, 2.05) is 6.07 Å². The number of hydrogen-bond acceptors (Lipinski definition) is 2. The molecular weight excluding hydrogens is 455 g/mol. The van der Waals surface area contributed by atoms with Gasteiger partial charge in [0.05, 0.1) is 0 Å². The number of thiocarbonyl (C=S) groups is 1. The van der Waals surface area contributed by atoms with E-state index in [0.29, 0.717) is 11.5 Å². The Morgan fingerprint density at radius 2 is 1.81 bits per heavy atom. The largest absolute Gasteiger partial charge is 0.332 e. The summed E-state index contributed by atoms with van der Waals surface area (Å²) in [5, 5.41) is 6.60. The zero-order valence-corrected chi connectivity index (χ0v) is 18.3. The quantitative estimate of drug-likeness (QED) is 0.454. The molecule has 0 heterocycles. The molecule has 0 atom stereocenters. The standard InChI is InChI=1S/C21H27IN2OS/c1-2-16-8-17(22)3-4-18(16)23-20(26)24-19(25)12-21-9-13-5-14(10-21)7-15(6-13)11-21/h3-4,8,13-15H,2,5-7,9-12H2,1H3,(H2,23,24,25,26). The predicted molar refractivity (Wildman–Crippen MR) is 118 cm³/mol. The summed E-state index contributed by atoms with van der Waals surface area (Å²) in [5.41, 5.74) is 2.47. The van der Waals surface area contributed by atoms with E-state index < -0.39 is 0 Å². The number of carbonyl (C=O) groups excluding carboxylic acids is 1. The number of halogens is 1. The van der Waals surface area contributed by atoms with Crippen molar-refractivity contribution in [2.24, 2.45) is 23.2 Å². The summed E-state index contributed by atoms with van der Waals surface area (Å²) in [4.78, 5) is 12.7. The molecule has 5 heteroatoms. The fourth-order valence-corrected chi connectivity index (χ4v) is 6.93. The molecule has 0 aliphatic heterocycles. The van der Waals surface area contributed by atoms with Crippen molar-refractivity contribution >= 4 is 51.5 Å². The van der Waals surface area contributed by atoms with Crippen LogP contribution in [0.4, 0.5) is 5.69 Å². The summed E-state index contributed by atoms with van der Waals surface area (Å²) >= 11 is 7.73. The van der Waals surface area contributed by atoms with E-state index in [4.69, 9.17) is 12.2 Å². The third-order valence-corrected chi connectivity index (χ3v) is 7.53. The molecule has 4 bridgehead atoms. The van der Waals surface area contributed by atoms with Crippen LogP contribution in [0.15, 0.2) is 18.2 Å². The fourth-order valence-electron chi connectivity index (χ4n) is 6.15. The molecule has 1 aromatic rings. The fraction of sp³-hybridized carbons (Fsp3) is 0.619. The molecule has 0 saturated heterocycles. The SMILES string of the molecule is CCc1cc(I)ccc1NC(=S)NC(=O)CC12CC3CC(CC(C3)C1)C2. The number of rotatable bonds is 4. The van der Waals surface area contributed by atoms with Gasteiger partial charge in [0.25, 0.3) is 0 Å². The van der Waals surface area contributed by atoms with Crippen LogP contribution in [0.1, 0.15) is 57.4 Å². The molecule has 5 rings (SSSR count). The number of carbonyl (C=O) groups is 1. The van der Waals surface area contributed by atoms with E-state index in [0.717, 1.165) is 29.9 Å². The number of aryl methyl sites for hydroxylation is 1. The molecule has 3 nitrogen and oxygen atoms in total. The Balaban J connectivity index is 1.36. The first-order valence-electron chi connectivity index (χ1n) is 9.84. The number of hydrogen-bond donors (Lipinski definition) is 2. The third-order valence-electron chi connectivity index (χ3n) is 6.65. The van der Waals surface area contributed by atoms with Crippen molar-refractivity contribution in [2.75, 3.05) is 5.32 Å². The van der Waals surface area contributed by atoms with Crippen molar-refractivity contribution in [1.82, 2.24) is 5.32 Å². The van der Waals surface area contributed by atoms with Crippen LogP contribution in [0.25, 0.3) is 0 Å². The molecule has 0 aromatic heterocycles. The highest BCUT2D eigenvalue weighted by Crippen LogP contribution is 2.61. The van der Waals surface area contributed by atoms with Crippen molar-refractivity contribution in [3.05, 3.63) is 27.3 Å². The predicted octanol–water partition coefficient (Wildman–Crippen LogP) is 5.27. The van der Waals surface area contributed by atoms with Crippen LogP contribution in [0.3, 0.4) is 0 Å². The molecule has 0 spiro atoms. The summed E-state index contributed by atoms with van der Waals surface area (Å²) in [6.07, 6.45) is 9.57. The second kappa shape index (κ2) is 7.38.